The van der Waals surface area contributed by atoms with Crippen molar-refractivity contribution in [3.05, 3.63) is 39.8 Å². The molecule has 1 aromatic heterocycles. The Morgan fingerprint density at radius 3 is 2.84 bits per heavy atom. The number of anilines is 1. The van der Waals surface area contributed by atoms with Crippen molar-refractivity contribution >= 4 is 16.3 Å². The number of nitrogen functional groups attached to an aromatic ring is 1. The van der Waals surface area contributed by atoms with E-state index in [2.05, 4.69) is 39.0 Å². The van der Waals surface area contributed by atoms with Gasteiger partial charge in [-0.2, -0.15) is 0 Å². The molecule has 1 nitrogen and oxygen atoms in total. The molecular weight excluding hydrogens is 250 g/mol. The Morgan fingerprint density at radius 2 is 2.05 bits per heavy atom. The Kier molecular flexibility index (Phi) is 3.14. The summed E-state index contributed by atoms with van der Waals surface area (Å²) in [5, 5.41) is 1.01. The van der Waals surface area contributed by atoms with E-state index in [1.54, 1.807) is 0 Å². The van der Waals surface area contributed by atoms with E-state index in [0.717, 1.165) is 10.9 Å². The summed E-state index contributed by atoms with van der Waals surface area (Å²) in [6, 6.07) is 6.67. The average molecular weight is 271 g/mol. The van der Waals surface area contributed by atoms with Crippen molar-refractivity contribution < 1.29 is 0 Å². The summed E-state index contributed by atoms with van der Waals surface area (Å²) in [5.74, 6) is 0.803. The zero-order valence-corrected chi connectivity index (χ0v) is 12.7. The number of fused-ring (bicyclic) bond motifs is 1. The molecule has 0 aliphatic heterocycles. The van der Waals surface area contributed by atoms with Crippen LogP contribution in [0.15, 0.2) is 18.2 Å². The van der Waals surface area contributed by atoms with Gasteiger partial charge in [0.2, 0.25) is 0 Å². The molecule has 19 heavy (non-hydrogen) atoms. The lowest BCUT2D eigenvalue weighted by molar-refractivity contribution is 0.508. The molecule has 1 aliphatic rings. The number of rotatable bonds is 1. The van der Waals surface area contributed by atoms with Crippen molar-refractivity contribution in [1.29, 1.82) is 0 Å². The summed E-state index contributed by atoms with van der Waals surface area (Å²) in [7, 11) is 0. The predicted molar refractivity (Wildman–Crippen MR) is 84.8 cm³/mol. The van der Waals surface area contributed by atoms with E-state index in [-0.39, 0.29) is 0 Å². The number of benzene rings is 1. The molecule has 0 bridgehead atoms. The molecule has 3 rings (SSSR count). The van der Waals surface area contributed by atoms with E-state index in [1.165, 1.54) is 52.0 Å². The van der Waals surface area contributed by atoms with Crippen molar-refractivity contribution in [3.63, 3.8) is 0 Å². The van der Waals surface area contributed by atoms with Crippen molar-refractivity contribution in [2.45, 2.75) is 40.0 Å². The quantitative estimate of drug-likeness (QED) is 0.796. The maximum absolute atomic E-state index is 6.34. The first kappa shape index (κ1) is 12.7. The second kappa shape index (κ2) is 4.68. The maximum Gasteiger partial charge on any atom is 0.0941 e. The molecule has 0 radical (unpaired) electrons. The summed E-state index contributed by atoms with van der Waals surface area (Å²) in [4.78, 5) is 1.52. The van der Waals surface area contributed by atoms with Gasteiger partial charge in [0.1, 0.15) is 0 Å². The van der Waals surface area contributed by atoms with Gasteiger partial charge in [-0.3, -0.25) is 0 Å². The largest absolute Gasteiger partial charge is 0.390 e. The molecule has 1 heterocycles. The molecule has 1 unspecified atom stereocenters. The summed E-state index contributed by atoms with van der Waals surface area (Å²) >= 11 is 1.81. The Hall–Kier alpha value is -1.28. The van der Waals surface area contributed by atoms with Crippen LogP contribution in [0.3, 0.4) is 0 Å². The number of nitrogens with two attached hydrogens (primary N) is 1. The van der Waals surface area contributed by atoms with Crippen molar-refractivity contribution in [2.24, 2.45) is 5.92 Å². The fourth-order valence-corrected chi connectivity index (χ4v) is 4.37. The fraction of sp³-hybridized carbons (Fsp3) is 0.412. The topological polar surface area (TPSA) is 26.0 Å². The molecule has 1 aliphatic carbocycles. The van der Waals surface area contributed by atoms with Gasteiger partial charge in [0, 0.05) is 10.4 Å². The van der Waals surface area contributed by atoms with Gasteiger partial charge in [-0.25, -0.2) is 0 Å². The van der Waals surface area contributed by atoms with E-state index in [1.807, 2.05) is 11.3 Å². The molecule has 0 spiro atoms. The molecule has 1 atom stereocenters. The van der Waals surface area contributed by atoms with Gasteiger partial charge in [-0.05, 0) is 55.7 Å². The van der Waals surface area contributed by atoms with Crippen LogP contribution in [0.1, 0.15) is 34.9 Å². The van der Waals surface area contributed by atoms with Gasteiger partial charge in [0.25, 0.3) is 0 Å². The summed E-state index contributed by atoms with van der Waals surface area (Å²) in [6.07, 6.45) is 3.68. The monoisotopic (exact) mass is 271 g/mol. The second-order valence-corrected chi connectivity index (χ2v) is 7.05. The van der Waals surface area contributed by atoms with E-state index < -0.39 is 0 Å². The first-order valence-corrected chi connectivity index (χ1v) is 7.85. The first-order valence-electron chi connectivity index (χ1n) is 7.04. The van der Waals surface area contributed by atoms with E-state index in [9.17, 15) is 0 Å². The fourth-order valence-electron chi connectivity index (χ4n) is 3.07. The number of hydrogen-bond acceptors (Lipinski definition) is 2. The van der Waals surface area contributed by atoms with Gasteiger partial charge >= 0.3 is 0 Å². The zero-order valence-electron chi connectivity index (χ0n) is 11.9. The van der Waals surface area contributed by atoms with E-state index in [4.69, 9.17) is 5.73 Å². The molecule has 0 saturated carbocycles. The van der Waals surface area contributed by atoms with Gasteiger partial charge in [-0.15, -0.1) is 11.3 Å². The van der Waals surface area contributed by atoms with Crippen LogP contribution < -0.4 is 5.73 Å². The third-order valence-corrected chi connectivity index (χ3v) is 5.28. The Morgan fingerprint density at radius 1 is 1.26 bits per heavy atom. The lowest BCUT2D eigenvalue weighted by atomic mass is 9.86. The van der Waals surface area contributed by atoms with Gasteiger partial charge < -0.3 is 5.73 Å². The van der Waals surface area contributed by atoms with Gasteiger partial charge in [0.05, 0.1) is 5.00 Å². The highest BCUT2D eigenvalue weighted by atomic mass is 32.1. The van der Waals surface area contributed by atoms with Crippen LogP contribution in [0.25, 0.3) is 11.1 Å². The highest BCUT2D eigenvalue weighted by Crippen LogP contribution is 2.44. The van der Waals surface area contributed by atoms with Gasteiger partial charge in [-0.1, -0.05) is 30.7 Å². The molecule has 0 amide bonds. The lowest BCUT2D eigenvalue weighted by Gasteiger charge is -2.19. The van der Waals surface area contributed by atoms with Crippen LogP contribution in [-0.4, -0.2) is 0 Å². The molecule has 0 fully saturated rings. The van der Waals surface area contributed by atoms with E-state index in [0.29, 0.717) is 0 Å². The molecule has 2 heteroatoms. The van der Waals surface area contributed by atoms with Crippen molar-refractivity contribution in [1.82, 2.24) is 0 Å². The van der Waals surface area contributed by atoms with Crippen LogP contribution in [0, 0.1) is 19.8 Å². The van der Waals surface area contributed by atoms with Crippen LogP contribution in [0.2, 0.25) is 0 Å². The lowest BCUT2D eigenvalue weighted by Crippen LogP contribution is -2.09. The Labute approximate surface area is 119 Å². The number of hydrogen-bond donors (Lipinski definition) is 1. The standard InChI is InChI=1S/C17H21NS/c1-10-4-6-12(3)14(8-10)16-13-7-5-11(2)9-15(13)19-17(16)18/h4,6,8,11H,5,7,9,18H2,1-3H3. The minimum Gasteiger partial charge on any atom is -0.390 e. The minimum atomic E-state index is 0.803. The van der Waals surface area contributed by atoms with Crippen LogP contribution in [-0.2, 0) is 12.8 Å². The van der Waals surface area contributed by atoms with Crippen molar-refractivity contribution in [3.8, 4) is 11.1 Å². The summed E-state index contributed by atoms with van der Waals surface area (Å²) < 4.78 is 0. The number of thiophene rings is 1. The molecular formula is C17H21NS. The molecule has 0 saturated heterocycles. The number of aryl methyl sites for hydroxylation is 2. The predicted octanol–water partition coefficient (Wildman–Crippen LogP) is 4.74. The first-order chi connectivity index (χ1) is 9.06. The van der Waals surface area contributed by atoms with Crippen molar-refractivity contribution in [2.75, 3.05) is 5.73 Å². The summed E-state index contributed by atoms with van der Waals surface area (Å²) in [6.45, 7) is 6.68. The van der Waals surface area contributed by atoms with Crippen LogP contribution in [0.5, 0.6) is 0 Å². The zero-order chi connectivity index (χ0) is 13.6. The third kappa shape index (κ3) is 2.18. The molecule has 1 aromatic carbocycles. The highest BCUT2D eigenvalue weighted by molar-refractivity contribution is 7.16. The normalized spacial score (nSPS) is 18.4. The minimum absolute atomic E-state index is 0.803. The highest BCUT2D eigenvalue weighted by Gasteiger charge is 2.24. The smallest absolute Gasteiger partial charge is 0.0941 e. The van der Waals surface area contributed by atoms with Gasteiger partial charge in [0.15, 0.2) is 0 Å². The Bertz CT molecular complexity index is 624. The SMILES string of the molecule is Cc1ccc(C)c(-c2c(N)sc3c2CCC(C)C3)c1. The molecule has 100 valence electrons. The molecule has 2 aromatic rings. The molecule has 2 N–H and O–H groups in total. The Balaban J connectivity index is 2.18. The second-order valence-electron chi connectivity index (χ2n) is 5.91. The van der Waals surface area contributed by atoms with Crippen LogP contribution >= 0.6 is 11.3 Å². The average Bonchev–Trinajstić information content (AvgIpc) is 2.67. The summed E-state index contributed by atoms with van der Waals surface area (Å²) in [5.41, 5.74) is 13.2. The third-order valence-electron chi connectivity index (χ3n) is 4.20. The maximum atomic E-state index is 6.34. The van der Waals surface area contributed by atoms with E-state index >= 15 is 0 Å². The van der Waals surface area contributed by atoms with Crippen LogP contribution in [0.4, 0.5) is 5.00 Å².